The van der Waals surface area contributed by atoms with Crippen molar-refractivity contribution in [3.05, 3.63) is 51.7 Å². The minimum absolute atomic E-state index is 0.384. The van der Waals surface area contributed by atoms with Crippen LogP contribution >= 0.6 is 11.3 Å². The van der Waals surface area contributed by atoms with Crippen molar-refractivity contribution in [2.45, 2.75) is 32.3 Å². The van der Waals surface area contributed by atoms with Gasteiger partial charge < -0.3 is 15.8 Å². The number of nitrogens with one attached hydrogen (secondary N) is 1. The maximum atomic E-state index is 6.05. The summed E-state index contributed by atoms with van der Waals surface area (Å²) in [5.41, 5.74) is 9.16. The van der Waals surface area contributed by atoms with Gasteiger partial charge in [-0.05, 0) is 48.1 Å². The number of nitrogens with two attached hydrogens (primary N) is 1. The van der Waals surface area contributed by atoms with Crippen LogP contribution in [0.1, 0.15) is 29.9 Å². The average molecular weight is 329 g/mol. The Hall–Kier alpha value is -1.85. The molecule has 4 nitrogen and oxygen atoms in total. The highest BCUT2D eigenvalue weighted by atomic mass is 32.1. The van der Waals surface area contributed by atoms with E-state index >= 15 is 0 Å². The minimum Gasteiger partial charge on any atom is -0.370 e. The van der Waals surface area contributed by atoms with Gasteiger partial charge in [-0.15, -0.1) is 11.3 Å². The highest BCUT2D eigenvalue weighted by Crippen LogP contribution is 2.36. The Morgan fingerprint density at radius 1 is 1.43 bits per heavy atom. The molecule has 0 radical (unpaired) electrons. The summed E-state index contributed by atoms with van der Waals surface area (Å²) in [6.07, 6.45) is 1.99. The topological polar surface area (TPSA) is 59.6 Å². The van der Waals surface area contributed by atoms with Crippen LogP contribution in [0.4, 0.5) is 5.69 Å². The zero-order chi connectivity index (χ0) is 16.3. The van der Waals surface area contributed by atoms with Crippen molar-refractivity contribution in [3.63, 3.8) is 0 Å². The predicted molar refractivity (Wildman–Crippen MR) is 97.3 cm³/mol. The third-order valence-corrected chi connectivity index (χ3v) is 5.20. The standard InChI is InChI=1S/C18H23N3OS/c1-3-13-5-4-6-14(11-13)21-17(19)20-12-18(2)15-8-10-23-16(15)7-9-22-18/h4-6,8,10-11H,3,7,9,12H2,1-2H3,(H3,19,20,21). The summed E-state index contributed by atoms with van der Waals surface area (Å²) in [4.78, 5) is 5.91. The third-order valence-electron chi connectivity index (χ3n) is 4.22. The van der Waals surface area contributed by atoms with Crippen LogP contribution in [-0.2, 0) is 23.2 Å². The SMILES string of the molecule is CCc1cccc(NC(N)=NCC2(C)OCCc3sccc32)c1. The first-order chi connectivity index (χ1) is 11.1. The zero-order valence-electron chi connectivity index (χ0n) is 13.6. The van der Waals surface area contributed by atoms with E-state index < -0.39 is 0 Å². The van der Waals surface area contributed by atoms with Crippen molar-refractivity contribution in [1.29, 1.82) is 0 Å². The normalized spacial score (nSPS) is 21.0. The lowest BCUT2D eigenvalue weighted by atomic mass is 9.93. The molecule has 0 bridgehead atoms. The maximum Gasteiger partial charge on any atom is 0.193 e. The monoisotopic (exact) mass is 329 g/mol. The molecule has 1 aromatic heterocycles. The molecule has 0 spiro atoms. The second kappa shape index (κ2) is 6.72. The van der Waals surface area contributed by atoms with Gasteiger partial charge in [-0.2, -0.15) is 0 Å². The summed E-state index contributed by atoms with van der Waals surface area (Å²) < 4.78 is 6.00. The van der Waals surface area contributed by atoms with Gasteiger partial charge in [-0.1, -0.05) is 19.1 Å². The van der Waals surface area contributed by atoms with Gasteiger partial charge in [0.05, 0.1) is 13.2 Å². The minimum atomic E-state index is -0.384. The van der Waals surface area contributed by atoms with E-state index in [1.165, 1.54) is 16.0 Å². The molecule has 122 valence electrons. The quantitative estimate of drug-likeness (QED) is 0.666. The second-order valence-electron chi connectivity index (χ2n) is 5.97. The predicted octanol–water partition coefficient (Wildman–Crippen LogP) is 3.53. The number of aliphatic imine (C=N–C) groups is 1. The van der Waals surface area contributed by atoms with Crippen LogP contribution in [0.2, 0.25) is 0 Å². The number of ether oxygens (including phenoxy) is 1. The summed E-state index contributed by atoms with van der Waals surface area (Å²) in [6, 6.07) is 10.4. The van der Waals surface area contributed by atoms with E-state index in [-0.39, 0.29) is 5.60 Å². The largest absolute Gasteiger partial charge is 0.370 e. The number of benzene rings is 1. The van der Waals surface area contributed by atoms with Crippen LogP contribution < -0.4 is 11.1 Å². The number of hydrogen-bond donors (Lipinski definition) is 2. The molecule has 1 aliphatic heterocycles. The van der Waals surface area contributed by atoms with Crippen molar-refractivity contribution < 1.29 is 4.74 Å². The molecule has 3 rings (SSSR count). The Labute approximate surface area is 141 Å². The van der Waals surface area contributed by atoms with Crippen LogP contribution in [0.3, 0.4) is 0 Å². The van der Waals surface area contributed by atoms with Crippen molar-refractivity contribution in [1.82, 2.24) is 0 Å². The summed E-state index contributed by atoms with van der Waals surface area (Å²) >= 11 is 1.79. The van der Waals surface area contributed by atoms with Crippen LogP contribution in [0.15, 0.2) is 40.7 Å². The molecule has 1 aromatic carbocycles. The van der Waals surface area contributed by atoms with Crippen molar-refractivity contribution in [2.24, 2.45) is 10.7 Å². The molecule has 2 heterocycles. The van der Waals surface area contributed by atoms with Gasteiger partial charge in [-0.25, -0.2) is 4.99 Å². The van der Waals surface area contributed by atoms with E-state index in [2.05, 4.69) is 47.7 Å². The molecule has 0 saturated heterocycles. The highest BCUT2D eigenvalue weighted by molar-refractivity contribution is 7.10. The van der Waals surface area contributed by atoms with Crippen LogP contribution in [-0.4, -0.2) is 19.1 Å². The molecule has 0 amide bonds. The number of thiophene rings is 1. The Morgan fingerprint density at radius 2 is 2.30 bits per heavy atom. The molecular formula is C18H23N3OS. The summed E-state index contributed by atoms with van der Waals surface area (Å²) in [5, 5.41) is 5.29. The van der Waals surface area contributed by atoms with Gasteiger partial charge in [0, 0.05) is 17.0 Å². The molecule has 0 saturated carbocycles. The van der Waals surface area contributed by atoms with Crippen molar-refractivity contribution in [2.75, 3.05) is 18.5 Å². The first kappa shape index (κ1) is 16.0. The van der Waals surface area contributed by atoms with Crippen LogP contribution in [0.5, 0.6) is 0 Å². The van der Waals surface area contributed by atoms with E-state index in [0.717, 1.165) is 25.1 Å². The van der Waals surface area contributed by atoms with E-state index in [0.29, 0.717) is 12.5 Å². The van der Waals surface area contributed by atoms with Gasteiger partial charge in [0.2, 0.25) is 0 Å². The number of hydrogen-bond acceptors (Lipinski definition) is 3. The molecule has 1 unspecified atom stereocenters. The van der Waals surface area contributed by atoms with Crippen molar-refractivity contribution in [3.8, 4) is 0 Å². The molecule has 1 aliphatic rings. The van der Waals surface area contributed by atoms with Gasteiger partial charge in [0.15, 0.2) is 5.96 Å². The van der Waals surface area contributed by atoms with E-state index in [9.17, 15) is 0 Å². The molecule has 3 N–H and O–H groups in total. The summed E-state index contributed by atoms with van der Waals surface area (Å²) in [6.45, 7) is 5.48. The van der Waals surface area contributed by atoms with Gasteiger partial charge in [-0.3, -0.25) is 0 Å². The number of aryl methyl sites for hydroxylation is 1. The maximum absolute atomic E-state index is 6.05. The summed E-state index contributed by atoms with van der Waals surface area (Å²) in [7, 11) is 0. The summed E-state index contributed by atoms with van der Waals surface area (Å²) in [5.74, 6) is 0.422. The molecule has 23 heavy (non-hydrogen) atoms. The molecule has 2 aromatic rings. The van der Waals surface area contributed by atoms with Crippen LogP contribution in [0, 0.1) is 0 Å². The number of nitrogens with zero attached hydrogens (tertiary/aromatic N) is 1. The number of guanidine groups is 1. The van der Waals surface area contributed by atoms with E-state index in [1.54, 1.807) is 11.3 Å². The zero-order valence-corrected chi connectivity index (χ0v) is 14.5. The van der Waals surface area contributed by atoms with E-state index in [4.69, 9.17) is 10.5 Å². The Balaban J connectivity index is 1.70. The van der Waals surface area contributed by atoms with Gasteiger partial charge >= 0.3 is 0 Å². The van der Waals surface area contributed by atoms with Crippen LogP contribution in [0.25, 0.3) is 0 Å². The number of fused-ring (bicyclic) bond motifs is 1. The highest BCUT2D eigenvalue weighted by Gasteiger charge is 2.33. The molecule has 0 aliphatic carbocycles. The van der Waals surface area contributed by atoms with Gasteiger partial charge in [0.25, 0.3) is 0 Å². The number of anilines is 1. The molecule has 0 fully saturated rings. The lowest BCUT2D eigenvalue weighted by Crippen LogP contribution is -2.36. The molecule has 1 atom stereocenters. The Bertz CT molecular complexity index is 710. The lowest BCUT2D eigenvalue weighted by Gasteiger charge is -2.33. The van der Waals surface area contributed by atoms with E-state index in [1.807, 2.05) is 12.1 Å². The number of rotatable bonds is 4. The smallest absolute Gasteiger partial charge is 0.193 e. The average Bonchev–Trinajstić information content (AvgIpc) is 3.04. The lowest BCUT2D eigenvalue weighted by molar-refractivity contribution is -0.0374. The third kappa shape index (κ3) is 3.57. The molecular weight excluding hydrogens is 306 g/mol. The van der Waals surface area contributed by atoms with Crippen molar-refractivity contribution >= 4 is 23.0 Å². The fourth-order valence-corrected chi connectivity index (χ4v) is 3.86. The molecule has 5 heteroatoms. The second-order valence-corrected chi connectivity index (χ2v) is 6.97. The first-order valence-corrected chi connectivity index (χ1v) is 8.85. The Kier molecular flexibility index (Phi) is 4.68. The Morgan fingerprint density at radius 3 is 3.13 bits per heavy atom. The fraction of sp³-hybridized carbons (Fsp3) is 0.389. The first-order valence-electron chi connectivity index (χ1n) is 7.97. The fourth-order valence-electron chi connectivity index (χ4n) is 2.88. The van der Waals surface area contributed by atoms with Gasteiger partial charge in [0.1, 0.15) is 5.60 Å².